The van der Waals surface area contributed by atoms with E-state index in [1.54, 1.807) is 21.0 Å². The normalized spacial score (nSPS) is 35.4. The molecule has 4 N–H and O–H groups in total. The fraction of sp³-hybridized carbons (Fsp3) is 0.486. The third kappa shape index (κ3) is 3.76. The van der Waals surface area contributed by atoms with E-state index in [1.165, 1.54) is 22.3 Å². The lowest BCUT2D eigenvalue weighted by atomic mass is 9.41. The average molecular weight is 665 g/mol. The summed E-state index contributed by atoms with van der Waals surface area (Å²) in [6, 6.07) is 14.0. The van der Waals surface area contributed by atoms with Crippen molar-refractivity contribution in [1.82, 2.24) is 4.98 Å². The summed E-state index contributed by atoms with van der Waals surface area (Å²) in [5.41, 5.74) is 1.14. The van der Waals surface area contributed by atoms with Crippen molar-refractivity contribution in [3.8, 4) is 0 Å². The van der Waals surface area contributed by atoms with Gasteiger partial charge < -0.3 is 24.3 Å². The molecule has 232 valence electrons. The molecule has 1 aromatic heterocycles. The van der Waals surface area contributed by atoms with Crippen molar-refractivity contribution in [2.24, 2.45) is 11.3 Å². The Hall–Kier alpha value is -2.82. The highest BCUT2D eigenvalue weighted by Gasteiger charge is 2.77. The van der Waals surface area contributed by atoms with Crippen LogP contribution in [0.4, 0.5) is 10.5 Å². The maximum Gasteiger partial charge on any atom is 0.518 e. The van der Waals surface area contributed by atoms with Crippen molar-refractivity contribution in [2.75, 3.05) is 7.11 Å². The number of hydrogen-bond acceptors (Lipinski definition) is 6. The first-order valence-corrected chi connectivity index (χ1v) is 16.2. The lowest BCUT2D eigenvalue weighted by molar-refractivity contribution is -0.488. The van der Waals surface area contributed by atoms with Gasteiger partial charge in [-0.05, 0) is 75.8 Å². The molecule has 8 nitrogen and oxygen atoms in total. The fourth-order valence-corrected chi connectivity index (χ4v) is 9.55. The molecule has 4 aliphatic rings. The molecule has 2 aromatic carbocycles. The standard InChI is InChI=1S/C35H39BrN2O6/c1-19-15-21(36)11-12-24(19)38-30(40)43-28-17-20-16-23-22-9-7-8-10-25(22)37-29(23)33(20,5)32(4)13-14-34(42-6)26(35(28,32)41)18-27(39)31(2,3)44-34/h7-12,15,18,20,28,37,41H,13-14,16-17H2,1-6H3,(H,38,40)/p+1/t20-,28+,32-,33-,34+,35+/m1/s1. The van der Waals surface area contributed by atoms with Gasteiger partial charge in [0.25, 0.3) is 0 Å². The van der Waals surface area contributed by atoms with E-state index in [-0.39, 0.29) is 11.7 Å². The number of methoxy groups -OCH3 is 1. The highest BCUT2D eigenvalue weighted by molar-refractivity contribution is 9.10. The molecule has 9 heteroatoms. The van der Waals surface area contributed by atoms with Crippen molar-refractivity contribution < 1.29 is 34.2 Å². The number of amides is 1. The number of aryl methyl sites for hydroxylation is 1. The number of nitrogens with two attached hydrogens (primary N) is 1. The number of carbonyl (C=O) groups is 2. The zero-order valence-corrected chi connectivity index (χ0v) is 27.6. The topological polar surface area (TPSA) is 114 Å². The van der Waals surface area contributed by atoms with Gasteiger partial charge in [-0.1, -0.05) is 48.0 Å². The molecular formula is C35H40BrN2O6+. The second kappa shape index (κ2) is 9.59. The molecule has 0 saturated heterocycles. The summed E-state index contributed by atoms with van der Waals surface area (Å²) in [5, 5.41) is 16.1. The first kappa shape index (κ1) is 29.9. The number of quaternary nitrogens is 1. The molecule has 0 spiro atoms. The maximum absolute atomic E-state index is 13.7. The van der Waals surface area contributed by atoms with Crippen LogP contribution in [0.1, 0.15) is 63.8 Å². The van der Waals surface area contributed by atoms with Gasteiger partial charge >= 0.3 is 6.09 Å². The summed E-state index contributed by atoms with van der Waals surface area (Å²) in [5.74, 6) is -1.52. The molecule has 2 heterocycles. The van der Waals surface area contributed by atoms with Crippen LogP contribution in [0, 0.1) is 18.3 Å². The summed E-state index contributed by atoms with van der Waals surface area (Å²) in [7, 11) is 1.55. The third-order valence-electron chi connectivity index (χ3n) is 11.7. The van der Waals surface area contributed by atoms with Gasteiger partial charge in [0.2, 0.25) is 0 Å². The van der Waals surface area contributed by atoms with Crippen LogP contribution < -0.4 is 5.32 Å². The van der Waals surface area contributed by atoms with E-state index in [0.29, 0.717) is 24.8 Å². The van der Waals surface area contributed by atoms with E-state index in [0.717, 1.165) is 33.4 Å². The molecule has 6 atom stereocenters. The second-order valence-corrected chi connectivity index (χ2v) is 14.9. The second-order valence-electron chi connectivity index (χ2n) is 14.0. The number of benzene rings is 2. The number of primary amides is 1. The van der Waals surface area contributed by atoms with Crippen molar-refractivity contribution in [2.45, 2.75) is 88.8 Å². The van der Waals surface area contributed by atoms with Crippen LogP contribution in [0.5, 0.6) is 0 Å². The number of nitrogens with one attached hydrogen (secondary N) is 1. The summed E-state index contributed by atoms with van der Waals surface area (Å²) >= 11 is 3.48. The lowest BCUT2D eigenvalue weighted by Gasteiger charge is -2.67. The van der Waals surface area contributed by atoms with E-state index in [2.05, 4.69) is 53.0 Å². The number of aromatic amines is 1. The van der Waals surface area contributed by atoms with Gasteiger partial charge in [0.05, 0.1) is 0 Å². The Kier molecular flexibility index (Phi) is 6.51. The number of para-hydroxylation sites is 1. The zero-order chi connectivity index (χ0) is 31.4. The number of carbonyl (C=O) groups excluding carboxylic acids is 2. The third-order valence-corrected chi connectivity index (χ3v) is 12.2. The monoisotopic (exact) mass is 663 g/mol. The number of halogens is 1. The molecular weight excluding hydrogens is 624 g/mol. The number of rotatable bonds is 3. The number of ether oxygens (including phenoxy) is 3. The average Bonchev–Trinajstić information content (AvgIpc) is 3.48. The smallest absolute Gasteiger partial charge is 0.413 e. The van der Waals surface area contributed by atoms with E-state index in [4.69, 9.17) is 14.2 Å². The van der Waals surface area contributed by atoms with Crippen LogP contribution >= 0.6 is 15.9 Å². The number of aliphatic hydroxyl groups is 1. The Morgan fingerprint density at radius 3 is 2.61 bits per heavy atom. The minimum Gasteiger partial charge on any atom is -0.413 e. The largest absolute Gasteiger partial charge is 0.518 e. The van der Waals surface area contributed by atoms with Gasteiger partial charge in [-0.25, -0.2) is 5.32 Å². The van der Waals surface area contributed by atoms with E-state index in [1.807, 2.05) is 31.2 Å². The highest BCUT2D eigenvalue weighted by atomic mass is 79.9. The maximum atomic E-state index is 13.7. The van der Waals surface area contributed by atoms with Crippen molar-refractivity contribution in [1.29, 1.82) is 0 Å². The summed E-state index contributed by atoms with van der Waals surface area (Å²) in [6.07, 6.45) is 2.18. The van der Waals surface area contributed by atoms with Gasteiger partial charge in [0, 0.05) is 62.6 Å². The molecule has 0 unspecified atom stereocenters. The number of ketones is 1. The molecule has 1 amide bonds. The van der Waals surface area contributed by atoms with E-state index < -0.39 is 40.0 Å². The number of aromatic nitrogens is 1. The zero-order valence-electron chi connectivity index (χ0n) is 26.0. The van der Waals surface area contributed by atoms with Gasteiger partial charge in [-0.3, -0.25) is 4.79 Å². The molecule has 0 radical (unpaired) electrons. The van der Waals surface area contributed by atoms with Gasteiger partial charge in [-0.2, -0.15) is 4.79 Å². The van der Waals surface area contributed by atoms with Crippen molar-refractivity contribution >= 4 is 44.4 Å². The van der Waals surface area contributed by atoms with Gasteiger partial charge in [-0.15, -0.1) is 0 Å². The molecule has 7 rings (SSSR count). The fourth-order valence-electron chi connectivity index (χ4n) is 9.08. The SMILES string of the molecule is CO[C@]12CC[C@]3(C)[C@@]4(C)c5[nH]c6ccccc6c5C[C@@H]4C[C@H](OC(=O)[NH2+]c4ccc(Br)cc4C)[C@@]3(O)C1=CC(=O)C(C)(C)O2. The number of hydrogen-bond donors (Lipinski definition) is 3. The Morgan fingerprint density at radius 2 is 1.89 bits per heavy atom. The van der Waals surface area contributed by atoms with Crippen LogP contribution in [-0.2, 0) is 30.8 Å². The Morgan fingerprint density at radius 1 is 1.14 bits per heavy atom. The van der Waals surface area contributed by atoms with Crippen LogP contribution in [0.15, 0.2) is 58.6 Å². The Bertz CT molecular complexity index is 1760. The highest BCUT2D eigenvalue weighted by Crippen LogP contribution is 2.71. The predicted octanol–water partition coefficient (Wildman–Crippen LogP) is 5.65. The molecule has 0 bridgehead atoms. The molecule has 3 aliphatic carbocycles. The quantitative estimate of drug-likeness (QED) is 0.312. The summed E-state index contributed by atoms with van der Waals surface area (Å²) in [4.78, 5) is 30.9. The predicted molar refractivity (Wildman–Crippen MR) is 168 cm³/mol. The molecule has 1 aliphatic heterocycles. The van der Waals surface area contributed by atoms with Gasteiger partial charge in [0.1, 0.15) is 23.0 Å². The first-order chi connectivity index (χ1) is 20.7. The van der Waals surface area contributed by atoms with E-state index in [9.17, 15) is 14.7 Å². The molecule has 3 aromatic rings. The van der Waals surface area contributed by atoms with Crippen LogP contribution in [-0.4, -0.2) is 52.2 Å². The lowest BCUT2D eigenvalue weighted by Crippen LogP contribution is -2.84. The molecule has 2 fully saturated rings. The molecule has 2 saturated carbocycles. The summed E-state index contributed by atoms with van der Waals surface area (Å²) in [6.45, 7) is 9.70. The summed E-state index contributed by atoms with van der Waals surface area (Å²) < 4.78 is 19.8. The Balaban J connectivity index is 1.39. The number of fused-ring (bicyclic) bond motifs is 9. The van der Waals surface area contributed by atoms with Crippen LogP contribution in [0.2, 0.25) is 0 Å². The van der Waals surface area contributed by atoms with E-state index >= 15 is 0 Å². The minimum atomic E-state index is -1.77. The van der Waals surface area contributed by atoms with Crippen LogP contribution in [0.3, 0.4) is 0 Å². The van der Waals surface area contributed by atoms with Crippen molar-refractivity contribution in [3.63, 3.8) is 0 Å². The molecule has 44 heavy (non-hydrogen) atoms. The van der Waals surface area contributed by atoms with Crippen LogP contribution in [0.25, 0.3) is 10.9 Å². The van der Waals surface area contributed by atoms with Crippen molar-refractivity contribution in [3.05, 3.63) is 75.4 Å². The Labute approximate surface area is 265 Å². The number of H-pyrrole nitrogens is 1. The van der Waals surface area contributed by atoms with Gasteiger partial charge in [0.15, 0.2) is 11.6 Å². The minimum absolute atomic E-state index is 0.0816. The first-order valence-electron chi connectivity index (χ1n) is 15.4.